The quantitative estimate of drug-likeness (QED) is 0.704. The number of nitrogens with zero attached hydrogens (tertiary/aromatic N) is 1. The molecule has 20 heavy (non-hydrogen) atoms. The molecule has 0 heterocycles. The van der Waals surface area contributed by atoms with Crippen LogP contribution in [0.5, 0.6) is 0 Å². The van der Waals surface area contributed by atoms with E-state index in [0.29, 0.717) is 12.0 Å². The SMILES string of the molecule is C=CC1CC1N(Cc1ccccc1)Cc1ccccc1. The highest BCUT2D eigenvalue weighted by Gasteiger charge is 2.39. The van der Waals surface area contributed by atoms with Gasteiger partial charge >= 0.3 is 0 Å². The summed E-state index contributed by atoms with van der Waals surface area (Å²) in [5, 5.41) is 0. The van der Waals surface area contributed by atoms with Crippen LogP contribution in [0.3, 0.4) is 0 Å². The van der Waals surface area contributed by atoms with Gasteiger partial charge in [-0.15, -0.1) is 6.58 Å². The van der Waals surface area contributed by atoms with Crippen molar-refractivity contribution >= 4 is 0 Å². The lowest BCUT2D eigenvalue weighted by Crippen LogP contribution is -2.26. The fourth-order valence-corrected chi connectivity index (χ4v) is 2.80. The van der Waals surface area contributed by atoms with E-state index in [1.807, 2.05) is 0 Å². The molecule has 2 aromatic carbocycles. The Morgan fingerprint density at radius 2 is 1.40 bits per heavy atom. The lowest BCUT2D eigenvalue weighted by molar-refractivity contribution is 0.239. The molecule has 102 valence electrons. The van der Waals surface area contributed by atoms with E-state index in [9.17, 15) is 0 Å². The molecule has 0 radical (unpaired) electrons. The molecule has 1 saturated carbocycles. The average Bonchev–Trinajstić information content (AvgIpc) is 3.28. The monoisotopic (exact) mass is 263 g/mol. The molecule has 0 saturated heterocycles. The Labute approximate surface area is 121 Å². The molecular formula is C19H21N. The molecule has 0 aromatic heterocycles. The molecule has 0 bridgehead atoms. The van der Waals surface area contributed by atoms with Crippen molar-refractivity contribution in [2.24, 2.45) is 5.92 Å². The Morgan fingerprint density at radius 3 is 1.80 bits per heavy atom. The zero-order chi connectivity index (χ0) is 13.8. The van der Waals surface area contributed by atoms with Crippen molar-refractivity contribution in [3.63, 3.8) is 0 Å². The minimum absolute atomic E-state index is 0.660. The summed E-state index contributed by atoms with van der Waals surface area (Å²) in [5.41, 5.74) is 2.77. The first-order valence-electron chi connectivity index (χ1n) is 7.31. The number of rotatable bonds is 6. The van der Waals surface area contributed by atoms with Gasteiger partial charge in [0.2, 0.25) is 0 Å². The minimum Gasteiger partial charge on any atom is -0.291 e. The predicted molar refractivity (Wildman–Crippen MR) is 84.2 cm³/mol. The maximum atomic E-state index is 3.94. The molecule has 1 aliphatic carbocycles. The lowest BCUT2D eigenvalue weighted by atomic mass is 10.1. The van der Waals surface area contributed by atoms with Gasteiger partial charge in [0, 0.05) is 19.1 Å². The third kappa shape index (κ3) is 3.17. The summed E-state index contributed by atoms with van der Waals surface area (Å²) < 4.78 is 0. The largest absolute Gasteiger partial charge is 0.291 e. The zero-order valence-electron chi connectivity index (χ0n) is 11.8. The summed E-state index contributed by atoms with van der Waals surface area (Å²) in [5.74, 6) is 0.669. The van der Waals surface area contributed by atoms with Gasteiger partial charge in [0.05, 0.1) is 0 Å². The number of hydrogen-bond acceptors (Lipinski definition) is 1. The molecule has 2 unspecified atom stereocenters. The van der Waals surface area contributed by atoms with Crippen LogP contribution < -0.4 is 0 Å². The lowest BCUT2D eigenvalue weighted by Gasteiger charge is -2.23. The van der Waals surface area contributed by atoms with Crippen molar-refractivity contribution in [2.75, 3.05) is 0 Å². The van der Waals surface area contributed by atoms with Crippen LogP contribution in [0.4, 0.5) is 0 Å². The van der Waals surface area contributed by atoms with Crippen molar-refractivity contribution in [3.8, 4) is 0 Å². The average molecular weight is 263 g/mol. The molecule has 3 rings (SSSR count). The summed E-state index contributed by atoms with van der Waals surface area (Å²) in [6, 6.07) is 22.1. The highest BCUT2D eigenvalue weighted by Crippen LogP contribution is 2.38. The van der Waals surface area contributed by atoms with E-state index in [1.54, 1.807) is 0 Å². The Hall–Kier alpha value is -1.86. The number of benzene rings is 2. The molecule has 1 heteroatoms. The van der Waals surface area contributed by atoms with Gasteiger partial charge in [-0.1, -0.05) is 66.7 Å². The van der Waals surface area contributed by atoms with Crippen molar-refractivity contribution in [3.05, 3.63) is 84.4 Å². The molecule has 1 fully saturated rings. The van der Waals surface area contributed by atoms with Crippen LogP contribution in [0.1, 0.15) is 17.5 Å². The molecule has 0 N–H and O–H groups in total. The van der Waals surface area contributed by atoms with E-state index in [2.05, 4.69) is 78.2 Å². The summed E-state index contributed by atoms with van der Waals surface area (Å²) in [7, 11) is 0. The van der Waals surface area contributed by atoms with Crippen LogP contribution in [0, 0.1) is 5.92 Å². The Bertz CT molecular complexity index is 505. The summed E-state index contributed by atoms with van der Waals surface area (Å²) in [4.78, 5) is 2.58. The van der Waals surface area contributed by atoms with Crippen LogP contribution in [0.25, 0.3) is 0 Å². The van der Waals surface area contributed by atoms with Crippen LogP contribution >= 0.6 is 0 Å². The van der Waals surface area contributed by atoms with Crippen LogP contribution in [0.2, 0.25) is 0 Å². The van der Waals surface area contributed by atoms with Crippen LogP contribution in [-0.2, 0) is 13.1 Å². The van der Waals surface area contributed by atoms with E-state index in [-0.39, 0.29) is 0 Å². The van der Waals surface area contributed by atoms with Gasteiger partial charge in [0.15, 0.2) is 0 Å². The Kier molecular flexibility index (Phi) is 3.98. The minimum atomic E-state index is 0.660. The molecular weight excluding hydrogens is 242 g/mol. The topological polar surface area (TPSA) is 3.24 Å². The summed E-state index contributed by atoms with van der Waals surface area (Å²) in [6.07, 6.45) is 3.36. The van der Waals surface area contributed by atoms with E-state index < -0.39 is 0 Å². The maximum Gasteiger partial charge on any atom is 0.0240 e. The standard InChI is InChI=1S/C19H21N/c1-2-18-13-19(18)20(14-16-9-5-3-6-10-16)15-17-11-7-4-8-12-17/h2-12,18-19H,1,13-15H2. The van der Waals surface area contributed by atoms with Gasteiger partial charge in [0.1, 0.15) is 0 Å². The van der Waals surface area contributed by atoms with E-state index in [0.717, 1.165) is 13.1 Å². The van der Waals surface area contributed by atoms with Crippen molar-refractivity contribution in [1.82, 2.24) is 4.90 Å². The Morgan fingerprint density at radius 1 is 0.900 bits per heavy atom. The Balaban J connectivity index is 1.73. The number of hydrogen-bond donors (Lipinski definition) is 0. The van der Waals surface area contributed by atoms with Crippen molar-refractivity contribution in [2.45, 2.75) is 25.6 Å². The summed E-state index contributed by atoms with van der Waals surface area (Å²) in [6.45, 7) is 5.98. The molecule has 1 nitrogen and oxygen atoms in total. The molecule has 1 aliphatic rings. The van der Waals surface area contributed by atoms with Crippen LogP contribution in [0.15, 0.2) is 73.3 Å². The normalized spacial score (nSPS) is 20.9. The molecule has 0 amide bonds. The molecule has 0 spiro atoms. The van der Waals surface area contributed by atoms with Gasteiger partial charge < -0.3 is 0 Å². The molecule has 2 aromatic rings. The second-order valence-electron chi connectivity index (χ2n) is 5.58. The zero-order valence-corrected chi connectivity index (χ0v) is 11.8. The van der Waals surface area contributed by atoms with E-state index in [1.165, 1.54) is 17.5 Å². The van der Waals surface area contributed by atoms with E-state index in [4.69, 9.17) is 0 Å². The fourth-order valence-electron chi connectivity index (χ4n) is 2.80. The maximum absolute atomic E-state index is 3.94. The first-order valence-corrected chi connectivity index (χ1v) is 7.31. The van der Waals surface area contributed by atoms with Gasteiger partial charge in [-0.3, -0.25) is 4.90 Å². The van der Waals surface area contributed by atoms with Gasteiger partial charge in [-0.2, -0.15) is 0 Å². The summed E-state index contributed by atoms with van der Waals surface area (Å²) >= 11 is 0. The molecule has 0 aliphatic heterocycles. The fraction of sp³-hybridized carbons (Fsp3) is 0.263. The first kappa shape index (κ1) is 13.1. The third-order valence-electron chi connectivity index (χ3n) is 4.03. The second-order valence-corrected chi connectivity index (χ2v) is 5.58. The van der Waals surface area contributed by atoms with E-state index >= 15 is 0 Å². The van der Waals surface area contributed by atoms with Crippen molar-refractivity contribution < 1.29 is 0 Å². The first-order chi connectivity index (χ1) is 9.86. The van der Waals surface area contributed by atoms with Crippen molar-refractivity contribution in [1.29, 1.82) is 0 Å². The third-order valence-corrected chi connectivity index (χ3v) is 4.03. The highest BCUT2D eigenvalue weighted by atomic mass is 15.2. The van der Waals surface area contributed by atoms with Gasteiger partial charge in [0.25, 0.3) is 0 Å². The smallest absolute Gasteiger partial charge is 0.0240 e. The van der Waals surface area contributed by atoms with Gasteiger partial charge in [-0.05, 0) is 23.5 Å². The second kappa shape index (κ2) is 6.06. The highest BCUT2D eigenvalue weighted by molar-refractivity contribution is 5.19. The van der Waals surface area contributed by atoms with Gasteiger partial charge in [-0.25, -0.2) is 0 Å². The molecule has 2 atom stereocenters. The predicted octanol–water partition coefficient (Wildman–Crippen LogP) is 4.26. The van der Waals surface area contributed by atoms with Crippen LogP contribution in [-0.4, -0.2) is 10.9 Å².